The lowest BCUT2D eigenvalue weighted by molar-refractivity contribution is 0.0697. The number of rotatable bonds is 6. The van der Waals surface area contributed by atoms with Crippen LogP contribution in [0.1, 0.15) is 93.6 Å². The van der Waals surface area contributed by atoms with Crippen LogP contribution in [0.5, 0.6) is 0 Å². The summed E-state index contributed by atoms with van der Waals surface area (Å²) in [6, 6.07) is 12.8. The molecule has 1 aliphatic carbocycles. The number of carbonyl (C=O) groups is 1. The van der Waals surface area contributed by atoms with E-state index >= 15 is 0 Å². The smallest absolute Gasteiger partial charge is 0.335 e. The Morgan fingerprint density at radius 1 is 0.950 bits per heavy atom. The molecule has 2 aromatic carbocycles. The van der Waals surface area contributed by atoms with Gasteiger partial charge < -0.3 is 19.5 Å². The molecule has 5 heteroatoms. The number of carboxylic acid groups (broad SMARTS) is 1. The third-order valence-corrected chi connectivity index (χ3v) is 9.88. The summed E-state index contributed by atoms with van der Waals surface area (Å²) >= 11 is 0. The molecule has 1 aromatic heterocycles. The molecule has 1 saturated heterocycles. The SMILES string of the molecule is C.Cc1ccc2c(c1)N(CCN1CCCC(C(C)C)C1)CCn1c-2c(C2CCCCC2)c2ccc(C(=O)O)cc21. The molecule has 1 unspecified atom stereocenters. The summed E-state index contributed by atoms with van der Waals surface area (Å²) in [7, 11) is 0. The Labute approximate surface area is 241 Å². The zero-order valence-electron chi connectivity index (χ0n) is 24.1. The Kier molecular flexibility index (Phi) is 8.61. The van der Waals surface area contributed by atoms with Crippen molar-refractivity contribution < 1.29 is 9.90 Å². The molecular formula is C35H49N3O2. The first-order valence-electron chi connectivity index (χ1n) is 15.4. The number of hydrogen-bond donors (Lipinski definition) is 1. The van der Waals surface area contributed by atoms with Crippen LogP contribution in [-0.4, -0.2) is 53.3 Å². The highest BCUT2D eigenvalue weighted by Gasteiger charge is 2.31. The molecule has 0 amide bonds. The second kappa shape index (κ2) is 12.0. The first-order valence-corrected chi connectivity index (χ1v) is 15.4. The number of hydrogen-bond acceptors (Lipinski definition) is 3. The van der Waals surface area contributed by atoms with E-state index in [0.29, 0.717) is 11.5 Å². The zero-order chi connectivity index (χ0) is 27.1. The number of carboxylic acids is 1. The maximum absolute atomic E-state index is 12.0. The fourth-order valence-corrected chi connectivity index (χ4v) is 7.61. The van der Waals surface area contributed by atoms with E-state index in [1.165, 1.54) is 91.5 Å². The molecule has 1 saturated carbocycles. The van der Waals surface area contributed by atoms with E-state index in [1.54, 1.807) is 0 Å². The Morgan fingerprint density at radius 2 is 1.75 bits per heavy atom. The number of fused-ring (bicyclic) bond motifs is 5. The van der Waals surface area contributed by atoms with E-state index in [9.17, 15) is 9.90 Å². The second-order valence-corrected chi connectivity index (χ2v) is 12.7. The highest BCUT2D eigenvalue weighted by atomic mass is 16.4. The first kappa shape index (κ1) is 28.7. The van der Waals surface area contributed by atoms with Crippen molar-refractivity contribution >= 4 is 22.6 Å². The maximum Gasteiger partial charge on any atom is 0.335 e. The van der Waals surface area contributed by atoms with Gasteiger partial charge in [-0.3, -0.25) is 0 Å². The van der Waals surface area contributed by atoms with E-state index in [0.717, 1.165) is 43.5 Å². The van der Waals surface area contributed by atoms with Crippen molar-refractivity contribution in [3.05, 3.63) is 53.1 Å². The molecule has 6 rings (SSSR count). The number of piperidine rings is 1. The molecule has 0 radical (unpaired) electrons. The predicted molar refractivity (Wildman–Crippen MR) is 168 cm³/mol. The Balaban J connectivity index is 0.00000323. The van der Waals surface area contributed by atoms with Crippen molar-refractivity contribution in [3.63, 3.8) is 0 Å². The number of aryl methyl sites for hydroxylation is 1. The van der Waals surface area contributed by atoms with Crippen molar-refractivity contribution in [3.8, 4) is 11.3 Å². The lowest BCUT2D eigenvalue weighted by Gasteiger charge is -2.36. The van der Waals surface area contributed by atoms with Gasteiger partial charge in [-0.15, -0.1) is 0 Å². The van der Waals surface area contributed by atoms with Gasteiger partial charge in [-0.25, -0.2) is 4.79 Å². The van der Waals surface area contributed by atoms with Crippen LogP contribution in [0.3, 0.4) is 0 Å². The standard InChI is InChI=1S/C34H45N3O2.CH4/c1-23(2)27-10-7-15-35(22-27)16-17-36-18-19-37-31-21-26(34(38)39)12-14-28(31)32(25-8-5-4-6-9-25)33(37)29-13-11-24(3)20-30(29)36;/h11-14,20-21,23,25,27H,4-10,15-19,22H2,1-3H3,(H,38,39);1H4. The van der Waals surface area contributed by atoms with Crippen molar-refractivity contribution in [1.29, 1.82) is 0 Å². The van der Waals surface area contributed by atoms with Crippen LogP contribution in [0.2, 0.25) is 0 Å². The van der Waals surface area contributed by atoms with Crippen LogP contribution in [0.25, 0.3) is 22.2 Å². The summed E-state index contributed by atoms with van der Waals surface area (Å²) in [5.74, 6) is 1.25. The molecule has 2 fully saturated rings. The monoisotopic (exact) mass is 543 g/mol. The van der Waals surface area contributed by atoms with Crippen molar-refractivity contribution in [2.75, 3.05) is 37.6 Å². The zero-order valence-corrected chi connectivity index (χ0v) is 24.1. The van der Waals surface area contributed by atoms with E-state index in [4.69, 9.17) is 0 Å². The van der Waals surface area contributed by atoms with Crippen LogP contribution in [0, 0.1) is 18.8 Å². The molecule has 2 aliphatic heterocycles. The number of likely N-dealkylation sites (tertiary alicyclic amines) is 1. The van der Waals surface area contributed by atoms with Crippen LogP contribution in [0.15, 0.2) is 36.4 Å². The highest BCUT2D eigenvalue weighted by Crippen LogP contribution is 2.47. The average molecular weight is 544 g/mol. The van der Waals surface area contributed by atoms with Gasteiger partial charge in [-0.05, 0) is 86.2 Å². The lowest BCUT2D eigenvalue weighted by Crippen LogP contribution is -2.42. The summed E-state index contributed by atoms with van der Waals surface area (Å²) in [4.78, 5) is 17.3. The van der Waals surface area contributed by atoms with Gasteiger partial charge in [-0.1, -0.05) is 58.7 Å². The number of nitrogens with zero attached hydrogens (tertiary/aromatic N) is 3. The summed E-state index contributed by atoms with van der Waals surface area (Å²) in [5.41, 5.74) is 8.25. The summed E-state index contributed by atoms with van der Waals surface area (Å²) in [5, 5.41) is 11.1. The van der Waals surface area contributed by atoms with Crippen molar-refractivity contribution in [2.45, 2.75) is 85.6 Å². The molecule has 1 N–H and O–H groups in total. The van der Waals surface area contributed by atoms with Crippen LogP contribution in [0.4, 0.5) is 5.69 Å². The van der Waals surface area contributed by atoms with Gasteiger partial charge in [-0.2, -0.15) is 0 Å². The summed E-state index contributed by atoms with van der Waals surface area (Å²) < 4.78 is 2.47. The number of aromatic nitrogens is 1. The van der Waals surface area contributed by atoms with Gasteiger partial charge in [0.2, 0.25) is 0 Å². The van der Waals surface area contributed by atoms with E-state index in [-0.39, 0.29) is 7.43 Å². The molecule has 0 bridgehead atoms. The normalized spacial score (nSPS) is 20.2. The molecule has 3 aromatic rings. The van der Waals surface area contributed by atoms with Crippen LogP contribution in [-0.2, 0) is 6.54 Å². The minimum absolute atomic E-state index is 0. The maximum atomic E-state index is 12.0. The van der Waals surface area contributed by atoms with Gasteiger partial charge in [0.15, 0.2) is 0 Å². The summed E-state index contributed by atoms with van der Waals surface area (Å²) in [6.07, 6.45) is 9.02. The molecule has 0 spiro atoms. The van der Waals surface area contributed by atoms with Crippen LogP contribution < -0.4 is 4.90 Å². The minimum atomic E-state index is -0.848. The molecule has 3 heterocycles. The van der Waals surface area contributed by atoms with Crippen LogP contribution >= 0.6 is 0 Å². The predicted octanol–water partition coefficient (Wildman–Crippen LogP) is 8.19. The van der Waals surface area contributed by atoms with Crippen molar-refractivity contribution in [1.82, 2.24) is 9.47 Å². The first-order chi connectivity index (χ1) is 18.9. The second-order valence-electron chi connectivity index (χ2n) is 12.7. The Hall–Kier alpha value is -2.79. The Morgan fingerprint density at radius 3 is 2.50 bits per heavy atom. The average Bonchev–Trinajstić information content (AvgIpc) is 3.18. The Bertz CT molecular complexity index is 1350. The minimum Gasteiger partial charge on any atom is -0.478 e. The summed E-state index contributed by atoms with van der Waals surface area (Å²) in [6.45, 7) is 13.3. The lowest BCUT2D eigenvalue weighted by atomic mass is 9.81. The van der Waals surface area contributed by atoms with Gasteiger partial charge in [0, 0.05) is 54.9 Å². The molecule has 216 valence electrons. The molecule has 5 nitrogen and oxygen atoms in total. The number of anilines is 1. The van der Waals surface area contributed by atoms with Gasteiger partial charge in [0.05, 0.1) is 11.3 Å². The quantitative estimate of drug-likeness (QED) is 0.340. The van der Waals surface area contributed by atoms with E-state index < -0.39 is 5.97 Å². The van der Waals surface area contributed by atoms with E-state index in [1.807, 2.05) is 12.1 Å². The number of aromatic carboxylic acids is 1. The largest absolute Gasteiger partial charge is 0.478 e. The topological polar surface area (TPSA) is 48.7 Å². The molecular weight excluding hydrogens is 494 g/mol. The highest BCUT2D eigenvalue weighted by molar-refractivity contribution is 5.99. The number of benzene rings is 2. The van der Waals surface area contributed by atoms with Gasteiger partial charge in [0.1, 0.15) is 0 Å². The van der Waals surface area contributed by atoms with Crippen molar-refractivity contribution in [2.24, 2.45) is 11.8 Å². The molecule has 1 atom stereocenters. The third-order valence-electron chi connectivity index (χ3n) is 9.88. The van der Waals surface area contributed by atoms with Gasteiger partial charge in [0.25, 0.3) is 0 Å². The molecule has 3 aliphatic rings. The molecule has 40 heavy (non-hydrogen) atoms. The third kappa shape index (κ3) is 5.42. The van der Waals surface area contributed by atoms with E-state index in [2.05, 4.69) is 59.4 Å². The van der Waals surface area contributed by atoms with Gasteiger partial charge >= 0.3 is 5.97 Å². The fourth-order valence-electron chi connectivity index (χ4n) is 7.61. The fraction of sp³-hybridized carbons (Fsp3) is 0.571.